The molecule has 17 heavy (non-hydrogen) atoms. The third-order valence-electron chi connectivity index (χ3n) is 1.64. The van der Waals surface area contributed by atoms with Crippen LogP contribution in [0.2, 0.25) is 4.34 Å². The van der Waals surface area contributed by atoms with Crippen molar-refractivity contribution >= 4 is 29.0 Å². The molecule has 0 aliphatic heterocycles. The summed E-state index contributed by atoms with van der Waals surface area (Å²) >= 11 is 7.03. The molecule has 0 aliphatic rings. The summed E-state index contributed by atoms with van der Waals surface area (Å²) in [6, 6.07) is 3.50. The maximum atomic E-state index is 11.7. The van der Waals surface area contributed by atoms with E-state index >= 15 is 0 Å². The van der Waals surface area contributed by atoms with Crippen molar-refractivity contribution in [1.82, 2.24) is 5.32 Å². The van der Waals surface area contributed by atoms with Gasteiger partial charge in [-0.2, -0.15) is 13.2 Å². The summed E-state index contributed by atoms with van der Waals surface area (Å²) in [5, 5.41) is 2.22. The van der Waals surface area contributed by atoms with Crippen LogP contribution in [0.15, 0.2) is 12.1 Å². The second-order valence-corrected chi connectivity index (χ2v) is 4.87. The van der Waals surface area contributed by atoms with Gasteiger partial charge in [-0.15, -0.1) is 11.3 Å². The van der Waals surface area contributed by atoms with E-state index in [1.807, 2.05) is 0 Å². The summed E-state index contributed by atoms with van der Waals surface area (Å²) in [6.07, 6.45) is -5.08. The molecule has 0 fully saturated rings. The smallest absolute Gasteiger partial charge is 0.422 e. The van der Waals surface area contributed by atoms with Gasteiger partial charge in [0.25, 0.3) is 0 Å². The Labute approximate surface area is 105 Å². The number of halogens is 4. The van der Waals surface area contributed by atoms with Crippen molar-refractivity contribution in [3.63, 3.8) is 0 Å². The Bertz CT molecular complexity index is 381. The second-order valence-electron chi connectivity index (χ2n) is 3.07. The molecule has 0 radical (unpaired) electrons. The van der Waals surface area contributed by atoms with Gasteiger partial charge >= 0.3 is 12.3 Å². The highest BCUT2D eigenvalue weighted by molar-refractivity contribution is 7.16. The standard InChI is InChI=1S/C9H9ClF3NO2S/c10-7-2-1-6(17-7)3-4-14-8(15)16-5-9(11,12)13/h1-2H,3-5H2,(H,14,15). The van der Waals surface area contributed by atoms with E-state index in [0.717, 1.165) is 4.88 Å². The monoisotopic (exact) mass is 287 g/mol. The molecule has 0 bridgehead atoms. The number of amides is 1. The van der Waals surface area contributed by atoms with Gasteiger partial charge in [0.05, 0.1) is 4.34 Å². The van der Waals surface area contributed by atoms with Gasteiger partial charge in [-0.25, -0.2) is 4.79 Å². The van der Waals surface area contributed by atoms with Gasteiger partial charge in [0, 0.05) is 11.4 Å². The van der Waals surface area contributed by atoms with Gasteiger partial charge in [0.15, 0.2) is 6.61 Å². The van der Waals surface area contributed by atoms with Gasteiger partial charge in [-0.3, -0.25) is 0 Å². The van der Waals surface area contributed by atoms with Gasteiger partial charge in [0.1, 0.15) is 0 Å². The maximum absolute atomic E-state index is 11.7. The van der Waals surface area contributed by atoms with E-state index in [4.69, 9.17) is 11.6 Å². The number of rotatable bonds is 4. The number of carbonyl (C=O) groups is 1. The molecular weight excluding hydrogens is 279 g/mol. The Hall–Kier alpha value is -0.950. The van der Waals surface area contributed by atoms with Crippen molar-refractivity contribution in [2.75, 3.05) is 13.2 Å². The largest absolute Gasteiger partial charge is 0.440 e. The topological polar surface area (TPSA) is 38.3 Å². The third kappa shape index (κ3) is 6.38. The van der Waals surface area contributed by atoms with Crippen LogP contribution in [0.25, 0.3) is 0 Å². The summed E-state index contributed by atoms with van der Waals surface area (Å²) in [4.78, 5) is 11.8. The lowest BCUT2D eigenvalue weighted by atomic mass is 10.3. The quantitative estimate of drug-likeness (QED) is 0.923. The Morgan fingerprint density at radius 2 is 2.18 bits per heavy atom. The molecule has 1 amide bonds. The Morgan fingerprint density at radius 1 is 1.47 bits per heavy atom. The summed E-state index contributed by atoms with van der Waals surface area (Å²) in [7, 11) is 0. The van der Waals surface area contributed by atoms with Gasteiger partial charge in [-0.05, 0) is 18.6 Å². The van der Waals surface area contributed by atoms with E-state index in [9.17, 15) is 18.0 Å². The number of hydrogen-bond donors (Lipinski definition) is 1. The first-order chi connectivity index (χ1) is 7.87. The number of hydrogen-bond acceptors (Lipinski definition) is 3. The van der Waals surface area contributed by atoms with Crippen LogP contribution in [0, 0.1) is 0 Å². The lowest BCUT2D eigenvalue weighted by Gasteiger charge is -2.08. The first kappa shape index (κ1) is 14.1. The molecule has 0 unspecified atom stereocenters. The number of nitrogens with one attached hydrogen (secondary N) is 1. The third-order valence-corrected chi connectivity index (χ3v) is 2.93. The zero-order valence-corrected chi connectivity index (χ0v) is 10.1. The first-order valence-electron chi connectivity index (χ1n) is 4.58. The molecule has 0 atom stereocenters. The number of carbonyl (C=O) groups excluding carboxylic acids is 1. The van der Waals surface area contributed by atoms with E-state index < -0.39 is 18.9 Å². The molecule has 0 saturated carbocycles. The summed E-state index contributed by atoms with van der Waals surface area (Å²) in [5.74, 6) is 0. The molecule has 8 heteroatoms. The minimum atomic E-state index is -4.50. The SMILES string of the molecule is O=C(NCCc1ccc(Cl)s1)OCC(F)(F)F. The minimum absolute atomic E-state index is 0.202. The highest BCUT2D eigenvalue weighted by Gasteiger charge is 2.29. The molecule has 0 saturated heterocycles. The molecule has 1 heterocycles. The predicted octanol–water partition coefficient (Wildman–Crippen LogP) is 3.23. The molecule has 0 aliphatic carbocycles. The van der Waals surface area contributed by atoms with Crippen LogP contribution in [0.1, 0.15) is 4.88 Å². The van der Waals surface area contributed by atoms with Crippen LogP contribution in [0.4, 0.5) is 18.0 Å². The van der Waals surface area contributed by atoms with E-state index in [1.54, 1.807) is 12.1 Å². The maximum Gasteiger partial charge on any atom is 0.422 e. The molecule has 1 aromatic rings. The molecule has 3 nitrogen and oxygen atoms in total. The van der Waals surface area contributed by atoms with Crippen LogP contribution in [-0.4, -0.2) is 25.4 Å². The Kier molecular flexibility index (Phi) is 5.07. The fourth-order valence-electron chi connectivity index (χ4n) is 0.972. The van der Waals surface area contributed by atoms with Crippen LogP contribution in [0.3, 0.4) is 0 Å². The lowest BCUT2D eigenvalue weighted by molar-refractivity contribution is -0.160. The van der Waals surface area contributed by atoms with E-state index in [0.29, 0.717) is 10.8 Å². The average Bonchev–Trinajstić information content (AvgIpc) is 2.60. The molecule has 1 rings (SSSR count). The molecule has 96 valence electrons. The number of thiophene rings is 1. The van der Waals surface area contributed by atoms with Crippen LogP contribution in [-0.2, 0) is 11.2 Å². The van der Waals surface area contributed by atoms with Gasteiger partial charge in [-0.1, -0.05) is 11.6 Å². The van der Waals surface area contributed by atoms with Crippen molar-refractivity contribution in [3.05, 3.63) is 21.3 Å². The highest BCUT2D eigenvalue weighted by Crippen LogP contribution is 2.21. The summed E-state index contributed by atoms with van der Waals surface area (Å²) in [5.41, 5.74) is 0. The summed E-state index contributed by atoms with van der Waals surface area (Å²) in [6.45, 7) is -1.38. The molecule has 0 spiro atoms. The van der Waals surface area contributed by atoms with Crippen LogP contribution >= 0.6 is 22.9 Å². The van der Waals surface area contributed by atoms with Crippen LogP contribution in [0.5, 0.6) is 0 Å². The van der Waals surface area contributed by atoms with Gasteiger partial charge in [0.2, 0.25) is 0 Å². The Balaban J connectivity index is 2.16. The molecule has 0 aromatic carbocycles. The highest BCUT2D eigenvalue weighted by atomic mass is 35.5. The normalized spacial score (nSPS) is 11.3. The van der Waals surface area contributed by atoms with E-state index in [1.165, 1.54) is 11.3 Å². The van der Waals surface area contributed by atoms with Crippen molar-refractivity contribution in [2.24, 2.45) is 0 Å². The number of ether oxygens (including phenoxy) is 1. The van der Waals surface area contributed by atoms with E-state index in [-0.39, 0.29) is 6.54 Å². The molecular formula is C9H9ClF3NO2S. The van der Waals surface area contributed by atoms with Crippen molar-refractivity contribution < 1.29 is 22.7 Å². The minimum Gasteiger partial charge on any atom is -0.440 e. The lowest BCUT2D eigenvalue weighted by Crippen LogP contribution is -2.30. The summed E-state index contributed by atoms with van der Waals surface area (Å²) < 4.78 is 39.6. The fraction of sp³-hybridized carbons (Fsp3) is 0.444. The molecule has 1 aromatic heterocycles. The first-order valence-corrected chi connectivity index (χ1v) is 5.78. The van der Waals surface area contributed by atoms with Crippen LogP contribution < -0.4 is 5.32 Å². The number of alkyl carbamates (subject to hydrolysis) is 1. The van der Waals surface area contributed by atoms with E-state index in [2.05, 4.69) is 10.1 Å². The average molecular weight is 288 g/mol. The van der Waals surface area contributed by atoms with Crippen molar-refractivity contribution in [1.29, 1.82) is 0 Å². The second kappa shape index (κ2) is 6.11. The Morgan fingerprint density at radius 3 is 2.71 bits per heavy atom. The zero-order chi connectivity index (χ0) is 12.9. The van der Waals surface area contributed by atoms with Crippen molar-refractivity contribution in [3.8, 4) is 0 Å². The van der Waals surface area contributed by atoms with Gasteiger partial charge < -0.3 is 10.1 Å². The number of alkyl halides is 3. The zero-order valence-electron chi connectivity index (χ0n) is 8.51. The van der Waals surface area contributed by atoms with Crippen molar-refractivity contribution in [2.45, 2.75) is 12.6 Å². The fourth-order valence-corrected chi connectivity index (χ4v) is 2.06. The predicted molar refractivity (Wildman–Crippen MR) is 58.4 cm³/mol. The molecule has 1 N–H and O–H groups in total.